The maximum Gasteiger partial charge on any atom is 0.238 e. The highest BCUT2D eigenvalue weighted by Crippen LogP contribution is 2.26. The number of nitrogens with two attached hydrogens (primary N) is 1. The highest BCUT2D eigenvalue weighted by atomic mass is 79.9. The molecule has 2 aromatic carbocycles. The molecule has 0 radical (unpaired) electrons. The van der Waals surface area contributed by atoms with Gasteiger partial charge in [-0.15, -0.1) is 0 Å². The molecule has 0 amide bonds. The molecule has 0 aliphatic carbocycles. The summed E-state index contributed by atoms with van der Waals surface area (Å²) in [5.74, 6) is 0. The first-order chi connectivity index (χ1) is 9.38. The Morgan fingerprint density at radius 3 is 2.50 bits per heavy atom. The van der Waals surface area contributed by atoms with Crippen LogP contribution in [0.15, 0.2) is 57.9 Å². The molecule has 1 unspecified atom stereocenters. The van der Waals surface area contributed by atoms with Gasteiger partial charge in [0.1, 0.15) is 0 Å². The molecule has 106 valence electrons. The number of benzene rings is 2. The van der Waals surface area contributed by atoms with Crippen molar-refractivity contribution in [2.45, 2.75) is 17.9 Å². The summed E-state index contributed by atoms with van der Waals surface area (Å²) in [4.78, 5) is 0.0989. The average molecular weight is 355 g/mol. The fraction of sp³-hybridized carbons (Fsp3) is 0.143. The molecule has 2 rings (SSSR count). The number of sulfonamides is 1. The molecule has 20 heavy (non-hydrogen) atoms. The van der Waals surface area contributed by atoms with E-state index in [1.165, 1.54) is 12.1 Å². The first kappa shape index (κ1) is 15.0. The Morgan fingerprint density at radius 1 is 1.15 bits per heavy atom. The van der Waals surface area contributed by atoms with Crippen molar-refractivity contribution in [1.29, 1.82) is 0 Å². The summed E-state index contributed by atoms with van der Waals surface area (Å²) < 4.78 is 23.7. The predicted octanol–water partition coefficient (Wildman–Crippen LogP) is 3.27. The third-order valence-electron chi connectivity index (χ3n) is 2.92. The lowest BCUT2D eigenvalue weighted by Crippen LogP contribution is -2.13. The number of hydrogen-bond acceptors (Lipinski definition) is 3. The largest absolute Gasteiger partial charge is 0.378 e. The normalized spacial score (nSPS) is 12.9. The number of hydrogen-bond donors (Lipinski definition) is 2. The van der Waals surface area contributed by atoms with Gasteiger partial charge in [-0.25, -0.2) is 13.6 Å². The molecule has 0 aliphatic heterocycles. The number of rotatable bonds is 4. The van der Waals surface area contributed by atoms with Gasteiger partial charge in [-0.1, -0.05) is 40.2 Å². The fourth-order valence-electron chi connectivity index (χ4n) is 1.92. The molecule has 0 saturated carbocycles. The second kappa shape index (κ2) is 5.95. The van der Waals surface area contributed by atoms with Crippen molar-refractivity contribution >= 4 is 31.6 Å². The predicted molar refractivity (Wildman–Crippen MR) is 84.0 cm³/mol. The first-order valence-corrected chi connectivity index (χ1v) is 8.35. The van der Waals surface area contributed by atoms with E-state index in [4.69, 9.17) is 5.14 Å². The SMILES string of the molecule is CC(Nc1cccc(S(N)(=O)=O)c1)c1ccccc1Br. The van der Waals surface area contributed by atoms with Crippen molar-refractivity contribution in [3.63, 3.8) is 0 Å². The van der Waals surface area contributed by atoms with E-state index >= 15 is 0 Å². The highest BCUT2D eigenvalue weighted by molar-refractivity contribution is 9.10. The molecule has 0 aliphatic rings. The van der Waals surface area contributed by atoms with Crippen LogP contribution >= 0.6 is 15.9 Å². The van der Waals surface area contributed by atoms with Gasteiger partial charge in [0.15, 0.2) is 0 Å². The Balaban J connectivity index is 2.25. The summed E-state index contributed by atoms with van der Waals surface area (Å²) in [5.41, 5.74) is 1.80. The number of anilines is 1. The Labute approximate surface area is 127 Å². The molecule has 0 bridgehead atoms. The zero-order chi connectivity index (χ0) is 14.8. The Hall–Kier alpha value is -1.37. The van der Waals surface area contributed by atoms with Crippen molar-refractivity contribution in [2.24, 2.45) is 5.14 Å². The van der Waals surface area contributed by atoms with Crippen LogP contribution in [-0.2, 0) is 10.0 Å². The zero-order valence-corrected chi connectivity index (χ0v) is 13.3. The van der Waals surface area contributed by atoms with Crippen LogP contribution in [0.2, 0.25) is 0 Å². The molecular formula is C14H15BrN2O2S. The Morgan fingerprint density at radius 2 is 1.85 bits per heavy atom. The molecule has 1 atom stereocenters. The summed E-state index contributed by atoms with van der Waals surface area (Å²) in [5, 5.41) is 8.39. The number of nitrogens with one attached hydrogen (secondary N) is 1. The Kier molecular flexibility index (Phi) is 4.47. The highest BCUT2D eigenvalue weighted by Gasteiger charge is 2.11. The molecule has 4 nitrogen and oxygen atoms in total. The number of halogens is 1. The molecule has 0 spiro atoms. The Bertz CT molecular complexity index is 717. The maximum absolute atomic E-state index is 11.3. The van der Waals surface area contributed by atoms with Crippen LogP contribution in [0.1, 0.15) is 18.5 Å². The van der Waals surface area contributed by atoms with Gasteiger partial charge in [0.05, 0.1) is 4.90 Å². The smallest absolute Gasteiger partial charge is 0.238 e. The minimum atomic E-state index is -3.68. The first-order valence-electron chi connectivity index (χ1n) is 6.02. The van der Waals surface area contributed by atoms with Crippen molar-refractivity contribution in [2.75, 3.05) is 5.32 Å². The summed E-state index contributed by atoms with van der Waals surface area (Å²) in [6.07, 6.45) is 0. The molecule has 0 saturated heterocycles. The van der Waals surface area contributed by atoms with Crippen LogP contribution in [-0.4, -0.2) is 8.42 Å². The van der Waals surface area contributed by atoms with E-state index in [0.29, 0.717) is 5.69 Å². The minimum Gasteiger partial charge on any atom is -0.378 e. The van der Waals surface area contributed by atoms with Crippen LogP contribution < -0.4 is 10.5 Å². The van der Waals surface area contributed by atoms with Crippen molar-refractivity contribution in [3.8, 4) is 0 Å². The molecule has 0 aromatic heterocycles. The van der Waals surface area contributed by atoms with E-state index in [1.807, 2.05) is 37.3 Å². The maximum atomic E-state index is 11.3. The van der Waals surface area contributed by atoms with Gasteiger partial charge in [0, 0.05) is 16.2 Å². The van der Waals surface area contributed by atoms with Crippen LogP contribution in [0, 0.1) is 0 Å². The summed E-state index contributed by atoms with van der Waals surface area (Å²) in [7, 11) is -3.68. The lowest BCUT2D eigenvalue weighted by atomic mass is 10.1. The average Bonchev–Trinajstić information content (AvgIpc) is 2.38. The monoisotopic (exact) mass is 354 g/mol. The second-order valence-electron chi connectivity index (χ2n) is 4.46. The number of primary sulfonamides is 1. The van der Waals surface area contributed by atoms with Gasteiger partial charge in [-0.05, 0) is 36.8 Å². The summed E-state index contributed by atoms with van der Waals surface area (Å²) >= 11 is 3.50. The van der Waals surface area contributed by atoms with Crippen LogP contribution in [0.25, 0.3) is 0 Å². The lowest BCUT2D eigenvalue weighted by Gasteiger charge is -2.17. The minimum absolute atomic E-state index is 0.0290. The third kappa shape index (κ3) is 3.59. The summed E-state index contributed by atoms with van der Waals surface area (Å²) in [6.45, 7) is 2.00. The van der Waals surface area contributed by atoms with E-state index in [-0.39, 0.29) is 10.9 Å². The van der Waals surface area contributed by atoms with E-state index in [9.17, 15) is 8.42 Å². The lowest BCUT2D eigenvalue weighted by molar-refractivity contribution is 0.598. The molecule has 0 fully saturated rings. The van der Waals surface area contributed by atoms with Crippen molar-refractivity contribution < 1.29 is 8.42 Å². The molecular weight excluding hydrogens is 340 g/mol. The van der Waals surface area contributed by atoms with Crippen molar-refractivity contribution in [3.05, 3.63) is 58.6 Å². The second-order valence-corrected chi connectivity index (χ2v) is 6.88. The topological polar surface area (TPSA) is 72.2 Å². The van der Waals surface area contributed by atoms with Crippen molar-refractivity contribution in [1.82, 2.24) is 0 Å². The molecule has 3 N–H and O–H groups in total. The molecule has 2 aromatic rings. The van der Waals surface area contributed by atoms with E-state index in [1.54, 1.807) is 6.07 Å². The van der Waals surface area contributed by atoms with E-state index in [2.05, 4.69) is 21.2 Å². The summed E-state index contributed by atoms with van der Waals surface area (Å²) in [6, 6.07) is 14.4. The van der Waals surface area contributed by atoms with Gasteiger partial charge < -0.3 is 5.32 Å². The van der Waals surface area contributed by atoms with Gasteiger partial charge in [0.2, 0.25) is 10.0 Å². The fourth-order valence-corrected chi connectivity index (χ4v) is 3.10. The standard InChI is InChI=1S/C14H15BrN2O2S/c1-10(13-7-2-3-8-14(13)15)17-11-5-4-6-12(9-11)20(16,18)19/h2-10,17H,1H3,(H2,16,18,19). The third-order valence-corrected chi connectivity index (χ3v) is 4.55. The van der Waals surface area contributed by atoms with Gasteiger partial charge in [-0.3, -0.25) is 0 Å². The molecule has 0 heterocycles. The van der Waals surface area contributed by atoms with Gasteiger partial charge in [0.25, 0.3) is 0 Å². The van der Waals surface area contributed by atoms with Crippen LogP contribution in [0.5, 0.6) is 0 Å². The van der Waals surface area contributed by atoms with Crippen LogP contribution in [0.4, 0.5) is 5.69 Å². The van der Waals surface area contributed by atoms with E-state index < -0.39 is 10.0 Å². The van der Waals surface area contributed by atoms with E-state index in [0.717, 1.165) is 10.0 Å². The zero-order valence-electron chi connectivity index (χ0n) is 10.9. The van der Waals surface area contributed by atoms with Crippen LogP contribution in [0.3, 0.4) is 0 Å². The van der Waals surface area contributed by atoms with Gasteiger partial charge in [-0.2, -0.15) is 0 Å². The quantitative estimate of drug-likeness (QED) is 0.884. The van der Waals surface area contributed by atoms with Gasteiger partial charge >= 0.3 is 0 Å². The molecule has 6 heteroatoms.